The second-order valence-electron chi connectivity index (χ2n) is 3.91. The third-order valence-corrected chi connectivity index (χ3v) is 2.76. The van der Waals surface area contributed by atoms with Crippen molar-refractivity contribution in [2.75, 3.05) is 0 Å². The Morgan fingerprint density at radius 2 is 1.29 bits per heavy atom. The van der Waals surface area contributed by atoms with Gasteiger partial charge in [-0.2, -0.15) is 0 Å². The van der Waals surface area contributed by atoms with Gasteiger partial charge in [0, 0.05) is 10.8 Å². The molecule has 0 bridgehead atoms. The first kappa shape index (κ1) is 9.72. The summed E-state index contributed by atoms with van der Waals surface area (Å²) < 4.78 is 0. The zero-order valence-corrected chi connectivity index (χ0v) is 8.77. The molecule has 2 aromatic carbocycles. The number of aromatic amines is 1. The van der Waals surface area contributed by atoms with Crippen LogP contribution in [0, 0.1) is 0 Å². The Bertz CT molecular complexity index is 727. The normalized spacial score (nSPS) is 11.1. The predicted octanol–water partition coefficient (Wildman–Crippen LogP) is 2.09. The van der Waals surface area contributed by atoms with Gasteiger partial charge in [-0.1, -0.05) is 0 Å². The molecular formula is C13H9NO3. The highest BCUT2D eigenvalue weighted by Gasteiger charge is 2.06. The lowest BCUT2D eigenvalue weighted by atomic mass is 10.1. The molecule has 3 rings (SSSR count). The Labute approximate surface area is 95.8 Å². The number of hydrogen-bond acceptors (Lipinski definition) is 3. The van der Waals surface area contributed by atoms with Crippen molar-refractivity contribution in [3.05, 3.63) is 46.6 Å². The fourth-order valence-electron chi connectivity index (χ4n) is 1.95. The zero-order valence-electron chi connectivity index (χ0n) is 8.77. The Hall–Kier alpha value is -2.49. The summed E-state index contributed by atoms with van der Waals surface area (Å²) in [5.41, 5.74) is 1.11. The molecule has 1 aromatic heterocycles. The maximum atomic E-state index is 12.2. The molecule has 1 heterocycles. The number of fused-ring (bicyclic) bond motifs is 2. The number of phenols is 2. The summed E-state index contributed by atoms with van der Waals surface area (Å²) in [6.07, 6.45) is 0. The van der Waals surface area contributed by atoms with Gasteiger partial charge < -0.3 is 15.2 Å². The molecule has 0 amide bonds. The van der Waals surface area contributed by atoms with Crippen LogP contribution in [0.2, 0.25) is 0 Å². The van der Waals surface area contributed by atoms with E-state index in [1.54, 1.807) is 12.1 Å². The van der Waals surface area contributed by atoms with Gasteiger partial charge in [0.2, 0.25) is 0 Å². The first-order valence-electron chi connectivity index (χ1n) is 5.13. The molecule has 0 saturated carbocycles. The number of benzene rings is 2. The molecule has 0 radical (unpaired) electrons. The molecule has 3 N–H and O–H groups in total. The summed E-state index contributed by atoms with van der Waals surface area (Å²) in [7, 11) is 0. The fraction of sp³-hybridized carbons (Fsp3) is 0. The first-order chi connectivity index (χ1) is 8.15. The van der Waals surface area contributed by atoms with E-state index in [-0.39, 0.29) is 16.9 Å². The van der Waals surface area contributed by atoms with E-state index >= 15 is 0 Å². The minimum Gasteiger partial charge on any atom is -0.508 e. The summed E-state index contributed by atoms with van der Waals surface area (Å²) in [6, 6.07) is 9.17. The number of hydrogen-bond donors (Lipinski definition) is 3. The van der Waals surface area contributed by atoms with Crippen molar-refractivity contribution in [3.63, 3.8) is 0 Å². The van der Waals surface area contributed by atoms with E-state index in [1.165, 1.54) is 24.3 Å². The van der Waals surface area contributed by atoms with Crippen LogP contribution in [0.1, 0.15) is 0 Å². The van der Waals surface area contributed by atoms with Crippen LogP contribution in [-0.4, -0.2) is 15.2 Å². The van der Waals surface area contributed by atoms with Gasteiger partial charge in [0.25, 0.3) is 0 Å². The molecule has 0 aliphatic carbocycles. The van der Waals surface area contributed by atoms with Crippen molar-refractivity contribution in [2.24, 2.45) is 0 Å². The van der Waals surface area contributed by atoms with Gasteiger partial charge in [-0.05, 0) is 36.4 Å². The van der Waals surface area contributed by atoms with Crippen LogP contribution in [0.3, 0.4) is 0 Å². The molecule has 0 unspecified atom stereocenters. The van der Waals surface area contributed by atoms with Gasteiger partial charge in [-0.15, -0.1) is 0 Å². The topological polar surface area (TPSA) is 73.3 Å². The van der Waals surface area contributed by atoms with Crippen LogP contribution in [0.5, 0.6) is 11.5 Å². The van der Waals surface area contributed by atoms with Gasteiger partial charge in [0.05, 0.1) is 11.0 Å². The molecule has 0 aliphatic heterocycles. The van der Waals surface area contributed by atoms with E-state index < -0.39 is 0 Å². The summed E-state index contributed by atoms with van der Waals surface area (Å²) >= 11 is 0. The summed E-state index contributed by atoms with van der Waals surface area (Å²) in [6.45, 7) is 0. The standard InChI is InChI=1S/C13H9NO3/c15-7-1-3-11-9(5-7)13(17)10-6-8(16)2-4-12(10)14-11/h1-6,15-16H,(H,14,17). The second-order valence-corrected chi connectivity index (χ2v) is 3.91. The van der Waals surface area contributed by atoms with Crippen molar-refractivity contribution in [1.82, 2.24) is 4.98 Å². The number of nitrogens with one attached hydrogen (secondary N) is 1. The highest BCUT2D eigenvalue weighted by Crippen LogP contribution is 2.21. The van der Waals surface area contributed by atoms with Gasteiger partial charge in [-0.25, -0.2) is 0 Å². The summed E-state index contributed by atoms with van der Waals surface area (Å²) in [4.78, 5) is 15.2. The number of rotatable bonds is 0. The Morgan fingerprint density at radius 3 is 1.76 bits per heavy atom. The summed E-state index contributed by atoms with van der Waals surface area (Å²) in [5.74, 6) is 0.0880. The second kappa shape index (κ2) is 3.25. The Morgan fingerprint density at radius 1 is 0.824 bits per heavy atom. The number of aromatic nitrogens is 1. The van der Waals surface area contributed by atoms with E-state index in [0.717, 1.165) is 0 Å². The molecule has 0 spiro atoms. The molecule has 17 heavy (non-hydrogen) atoms. The molecule has 4 heteroatoms. The third kappa shape index (κ3) is 1.42. The van der Waals surface area contributed by atoms with Crippen LogP contribution in [0.25, 0.3) is 21.8 Å². The Kier molecular flexibility index (Phi) is 1.86. The largest absolute Gasteiger partial charge is 0.508 e. The van der Waals surface area contributed by atoms with E-state index in [1.807, 2.05) is 0 Å². The third-order valence-electron chi connectivity index (χ3n) is 2.76. The smallest absolute Gasteiger partial charge is 0.197 e. The molecule has 4 nitrogen and oxygen atoms in total. The molecule has 0 atom stereocenters. The molecule has 0 aliphatic rings. The predicted molar refractivity (Wildman–Crippen MR) is 65.4 cm³/mol. The minimum atomic E-state index is -0.208. The number of H-pyrrole nitrogens is 1. The van der Waals surface area contributed by atoms with Crippen LogP contribution < -0.4 is 5.43 Å². The molecule has 0 saturated heterocycles. The zero-order chi connectivity index (χ0) is 12.0. The number of phenolic OH excluding ortho intramolecular Hbond substituents is 2. The average Bonchev–Trinajstić information content (AvgIpc) is 2.32. The van der Waals surface area contributed by atoms with E-state index in [4.69, 9.17) is 0 Å². The lowest BCUT2D eigenvalue weighted by Gasteiger charge is -2.03. The SMILES string of the molecule is O=c1c2cc(O)ccc2[nH]c2ccc(O)cc12. The van der Waals surface area contributed by atoms with E-state index in [0.29, 0.717) is 21.8 Å². The van der Waals surface area contributed by atoms with Gasteiger partial charge >= 0.3 is 0 Å². The van der Waals surface area contributed by atoms with Crippen LogP contribution >= 0.6 is 0 Å². The fourth-order valence-corrected chi connectivity index (χ4v) is 1.95. The lowest BCUT2D eigenvalue weighted by Crippen LogP contribution is -2.03. The maximum Gasteiger partial charge on any atom is 0.197 e. The van der Waals surface area contributed by atoms with Gasteiger partial charge in [-0.3, -0.25) is 4.79 Å². The van der Waals surface area contributed by atoms with E-state index in [9.17, 15) is 15.0 Å². The number of aromatic hydroxyl groups is 2. The van der Waals surface area contributed by atoms with Crippen molar-refractivity contribution in [1.29, 1.82) is 0 Å². The molecular weight excluding hydrogens is 218 g/mol. The summed E-state index contributed by atoms with van der Waals surface area (Å²) in [5, 5.41) is 19.6. The number of pyridine rings is 1. The maximum absolute atomic E-state index is 12.2. The molecule has 0 fully saturated rings. The van der Waals surface area contributed by atoms with Crippen molar-refractivity contribution < 1.29 is 10.2 Å². The lowest BCUT2D eigenvalue weighted by molar-refractivity contribution is 0.476. The highest BCUT2D eigenvalue weighted by molar-refractivity contribution is 5.93. The van der Waals surface area contributed by atoms with Crippen LogP contribution in [0.4, 0.5) is 0 Å². The molecule has 84 valence electrons. The van der Waals surface area contributed by atoms with Crippen LogP contribution in [-0.2, 0) is 0 Å². The minimum absolute atomic E-state index is 0.0440. The Balaban J connectivity index is 2.58. The average molecular weight is 227 g/mol. The van der Waals surface area contributed by atoms with Crippen molar-refractivity contribution in [3.8, 4) is 11.5 Å². The van der Waals surface area contributed by atoms with Gasteiger partial charge in [0.1, 0.15) is 11.5 Å². The monoisotopic (exact) mass is 227 g/mol. The van der Waals surface area contributed by atoms with Crippen LogP contribution in [0.15, 0.2) is 41.2 Å². The van der Waals surface area contributed by atoms with Crippen molar-refractivity contribution >= 4 is 21.8 Å². The van der Waals surface area contributed by atoms with E-state index in [2.05, 4.69) is 4.98 Å². The highest BCUT2D eigenvalue weighted by atomic mass is 16.3. The van der Waals surface area contributed by atoms with Gasteiger partial charge in [0.15, 0.2) is 5.43 Å². The molecule has 3 aromatic rings. The quantitative estimate of drug-likeness (QED) is 0.515. The first-order valence-corrected chi connectivity index (χ1v) is 5.13. The van der Waals surface area contributed by atoms with Crippen molar-refractivity contribution in [2.45, 2.75) is 0 Å².